The van der Waals surface area contributed by atoms with Crippen molar-refractivity contribution in [3.8, 4) is 0 Å². The van der Waals surface area contributed by atoms with Crippen LogP contribution in [-0.2, 0) is 20.2 Å². The van der Waals surface area contributed by atoms with E-state index in [9.17, 15) is 23.3 Å². The number of nitro groups is 1. The quantitative estimate of drug-likeness (QED) is 0.550. The lowest BCUT2D eigenvalue weighted by atomic mass is 9.94. The van der Waals surface area contributed by atoms with Crippen LogP contribution in [0.15, 0.2) is 59.5 Å². The molecule has 1 aliphatic heterocycles. The van der Waals surface area contributed by atoms with Crippen LogP contribution in [0.2, 0.25) is 0 Å². The minimum atomic E-state index is -4.01. The van der Waals surface area contributed by atoms with Crippen LogP contribution >= 0.6 is 0 Å². The molecule has 0 N–H and O–H groups in total. The van der Waals surface area contributed by atoms with Gasteiger partial charge in [-0.05, 0) is 24.5 Å². The molecule has 0 spiro atoms. The summed E-state index contributed by atoms with van der Waals surface area (Å²) < 4.78 is 27.1. The Morgan fingerprint density at radius 1 is 0.931 bits per heavy atom. The highest BCUT2D eigenvalue weighted by Gasteiger charge is 2.53. The third kappa shape index (κ3) is 3.40. The van der Waals surface area contributed by atoms with E-state index >= 15 is 0 Å². The summed E-state index contributed by atoms with van der Waals surface area (Å²) in [4.78, 5) is 25.0. The number of benzene rings is 2. The molecule has 1 amide bonds. The summed E-state index contributed by atoms with van der Waals surface area (Å²) in [5.74, 6) is 0.0337. The Bertz CT molecular complexity index is 1040. The molecule has 2 aliphatic rings. The van der Waals surface area contributed by atoms with Crippen LogP contribution in [0.5, 0.6) is 0 Å². The molecule has 1 saturated heterocycles. The number of hydrogen-bond donors (Lipinski definition) is 0. The first kappa shape index (κ1) is 19.5. The summed E-state index contributed by atoms with van der Waals surface area (Å²) in [6.07, 6.45) is 1.59. The number of para-hydroxylation sites is 1. The van der Waals surface area contributed by atoms with Gasteiger partial charge in [-0.2, -0.15) is 4.31 Å². The highest BCUT2D eigenvalue weighted by Crippen LogP contribution is 2.49. The molecule has 2 fully saturated rings. The molecule has 2 aromatic rings. The summed E-state index contributed by atoms with van der Waals surface area (Å²) in [5.41, 5.74) is 0.0764. The molecule has 9 heteroatoms. The Morgan fingerprint density at radius 3 is 2.10 bits per heavy atom. The number of piperazine rings is 1. The molecular formula is C20H21N3O5S. The maximum atomic E-state index is 13.1. The standard InChI is InChI=1S/C20H21N3O5S/c24-19(20(10-11-20)16-6-2-1-3-7-16)21-12-14-22(15-13-21)29(27,28)18-9-5-4-8-17(18)23(25)26/h1-9H,10-15H2. The smallest absolute Gasteiger partial charge is 0.289 e. The van der Waals surface area contributed by atoms with Gasteiger partial charge in [-0.1, -0.05) is 42.5 Å². The molecule has 1 heterocycles. The minimum absolute atomic E-state index is 0.0337. The van der Waals surface area contributed by atoms with Crippen LogP contribution in [0.1, 0.15) is 18.4 Å². The second-order valence-electron chi connectivity index (χ2n) is 7.37. The number of carbonyl (C=O) groups excluding carboxylic acids is 1. The third-order valence-electron chi connectivity index (χ3n) is 5.69. The highest BCUT2D eigenvalue weighted by molar-refractivity contribution is 7.89. The lowest BCUT2D eigenvalue weighted by Crippen LogP contribution is -2.52. The molecule has 0 aromatic heterocycles. The first-order chi connectivity index (χ1) is 13.9. The van der Waals surface area contributed by atoms with Crippen molar-refractivity contribution in [1.29, 1.82) is 0 Å². The van der Waals surface area contributed by atoms with Crippen LogP contribution in [0.4, 0.5) is 5.69 Å². The molecule has 0 radical (unpaired) electrons. The molecule has 1 aliphatic carbocycles. The van der Waals surface area contributed by atoms with Gasteiger partial charge in [0.05, 0.1) is 10.3 Å². The SMILES string of the molecule is O=C(N1CCN(S(=O)(=O)c2ccccc2[N+](=O)[O-])CC1)C1(c2ccccc2)CC1. The number of carbonyl (C=O) groups is 1. The Balaban J connectivity index is 1.49. The number of nitro benzene ring substituents is 1. The van der Waals surface area contributed by atoms with Crippen LogP contribution in [0.25, 0.3) is 0 Å². The average Bonchev–Trinajstić information content (AvgIpc) is 3.56. The Kier molecular flexibility index (Phi) is 4.87. The maximum absolute atomic E-state index is 13.1. The van der Waals surface area contributed by atoms with Crippen molar-refractivity contribution in [2.45, 2.75) is 23.2 Å². The fourth-order valence-electron chi connectivity index (χ4n) is 3.91. The topological polar surface area (TPSA) is 101 Å². The van der Waals surface area contributed by atoms with E-state index in [0.29, 0.717) is 0 Å². The summed E-state index contributed by atoms with van der Waals surface area (Å²) in [6, 6.07) is 15.0. The van der Waals surface area contributed by atoms with Crippen molar-refractivity contribution in [3.63, 3.8) is 0 Å². The van der Waals surface area contributed by atoms with E-state index in [-0.39, 0.29) is 37.0 Å². The lowest BCUT2D eigenvalue weighted by molar-refractivity contribution is -0.387. The van der Waals surface area contributed by atoms with Crippen molar-refractivity contribution < 1.29 is 18.1 Å². The van der Waals surface area contributed by atoms with Crippen LogP contribution in [-0.4, -0.2) is 54.6 Å². The van der Waals surface area contributed by atoms with Gasteiger partial charge >= 0.3 is 0 Å². The highest BCUT2D eigenvalue weighted by atomic mass is 32.2. The average molecular weight is 415 g/mol. The molecule has 0 unspecified atom stereocenters. The van der Waals surface area contributed by atoms with Gasteiger partial charge in [0, 0.05) is 32.2 Å². The molecule has 4 rings (SSSR count). The summed E-state index contributed by atoms with van der Waals surface area (Å²) in [5, 5.41) is 11.2. The van der Waals surface area contributed by atoms with E-state index in [4.69, 9.17) is 0 Å². The van der Waals surface area contributed by atoms with Crippen LogP contribution < -0.4 is 0 Å². The van der Waals surface area contributed by atoms with E-state index in [1.165, 1.54) is 28.6 Å². The van der Waals surface area contributed by atoms with E-state index < -0.39 is 26.0 Å². The van der Waals surface area contributed by atoms with Gasteiger partial charge in [0.1, 0.15) is 0 Å². The van der Waals surface area contributed by atoms with E-state index in [2.05, 4.69) is 0 Å². The molecule has 0 atom stereocenters. The molecule has 1 saturated carbocycles. The molecule has 8 nitrogen and oxygen atoms in total. The van der Waals surface area contributed by atoms with Gasteiger partial charge < -0.3 is 4.90 Å². The zero-order chi connectivity index (χ0) is 20.6. The first-order valence-corrected chi connectivity index (χ1v) is 10.9. The van der Waals surface area contributed by atoms with Crippen molar-refractivity contribution in [1.82, 2.24) is 9.21 Å². The largest absolute Gasteiger partial charge is 0.339 e. The van der Waals surface area contributed by atoms with Gasteiger partial charge in [-0.15, -0.1) is 0 Å². The zero-order valence-corrected chi connectivity index (χ0v) is 16.5. The van der Waals surface area contributed by atoms with Crippen LogP contribution in [0.3, 0.4) is 0 Å². The molecule has 0 bridgehead atoms. The van der Waals surface area contributed by atoms with Crippen molar-refractivity contribution in [3.05, 3.63) is 70.3 Å². The maximum Gasteiger partial charge on any atom is 0.289 e. The predicted molar refractivity (Wildman–Crippen MR) is 106 cm³/mol. The number of amides is 1. The molecule has 152 valence electrons. The van der Waals surface area contributed by atoms with Gasteiger partial charge in [-0.3, -0.25) is 14.9 Å². The Hall–Kier alpha value is -2.78. The van der Waals surface area contributed by atoms with Crippen LogP contribution in [0, 0.1) is 10.1 Å². The van der Waals surface area contributed by atoms with Crippen molar-refractivity contribution in [2.24, 2.45) is 0 Å². The molecule has 29 heavy (non-hydrogen) atoms. The Labute approximate surface area is 168 Å². The second kappa shape index (κ2) is 7.23. The minimum Gasteiger partial charge on any atom is -0.339 e. The number of nitrogens with zero attached hydrogens (tertiary/aromatic N) is 3. The Morgan fingerprint density at radius 2 is 1.52 bits per heavy atom. The summed E-state index contributed by atoms with van der Waals surface area (Å²) in [7, 11) is -4.01. The normalized spacial score (nSPS) is 19.0. The molecular weight excluding hydrogens is 394 g/mol. The number of sulfonamides is 1. The van der Waals surface area contributed by atoms with Crippen molar-refractivity contribution >= 4 is 21.6 Å². The van der Waals surface area contributed by atoms with E-state index in [1.54, 1.807) is 4.90 Å². The van der Waals surface area contributed by atoms with Crippen molar-refractivity contribution in [2.75, 3.05) is 26.2 Å². The fourth-order valence-corrected chi connectivity index (χ4v) is 5.49. The number of hydrogen-bond acceptors (Lipinski definition) is 5. The van der Waals surface area contributed by atoms with E-state index in [1.807, 2.05) is 30.3 Å². The number of rotatable bonds is 5. The summed E-state index contributed by atoms with van der Waals surface area (Å²) in [6.45, 7) is 0.774. The zero-order valence-electron chi connectivity index (χ0n) is 15.7. The van der Waals surface area contributed by atoms with Gasteiger partial charge in [0.2, 0.25) is 15.9 Å². The van der Waals surface area contributed by atoms with Gasteiger partial charge in [0.15, 0.2) is 4.90 Å². The van der Waals surface area contributed by atoms with E-state index in [0.717, 1.165) is 18.4 Å². The third-order valence-corrected chi connectivity index (χ3v) is 7.64. The summed E-state index contributed by atoms with van der Waals surface area (Å²) >= 11 is 0. The van der Waals surface area contributed by atoms with Gasteiger partial charge in [-0.25, -0.2) is 8.42 Å². The van der Waals surface area contributed by atoms with Gasteiger partial charge in [0.25, 0.3) is 5.69 Å². The second-order valence-corrected chi connectivity index (χ2v) is 9.28. The predicted octanol–water partition coefficient (Wildman–Crippen LogP) is 2.16. The first-order valence-electron chi connectivity index (χ1n) is 9.45. The lowest BCUT2D eigenvalue weighted by Gasteiger charge is -2.36. The fraction of sp³-hybridized carbons (Fsp3) is 0.350. The monoisotopic (exact) mass is 415 g/mol. The molecule has 2 aromatic carbocycles.